The summed E-state index contributed by atoms with van der Waals surface area (Å²) in [6, 6.07) is 6.20. The van der Waals surface area contributed by atoms with Gasteiger partial charge in [0.15, 0.2) is 12.2 Å². The van der Waals surface area contributed by atoms with Crippen molar-refractivity contribution < 1.29 is 24.2 Å². The highest BCUT2D eigenvalue weighted by atomic mass is 19.1. The highest BCUT2D eigenvalue weighted by Crippen LogP contribution is 2.32. The molecule has 0 aromatic heterocycles. The van der Waals surface area contributed by atoms with E-state index in [1.54, 1.807) is 6.07 Å². The second-order valence-corrected chi connectivity index (χ2v) is 9.17. The van der Waals surface area contributed by atoms with Crippen LogP contribution in [0, 0.1) is 23.1 Å². The Kier molecular flexibility index (Phi) is 7.36. The van der Waals surface area contributed by atoms with Crippen LogP contribution in [0.5, 0.6) is 0 Å². The Labute approximate surface area is 187 Å². The van der Waals surface area contributed by atoms with Gasteiger partial charge in [-0.3, -0.25) is 9.59 Å². The van der Waals surface area contributed by atoms with Crippen molar-refractivity contribution in [2.24, 2.45) is 5.92 Å². The zero-order chi connectivity index (χ0) is 23.5. The molecule has 0 radical (unpaired) electrons. The van der Waals surface area contributed by atoms with Gasteiger partial charge in [-0.1, -0.05) is 0 Å². The average Bonchev–Trinajstić information content (AvgIpc) is 3.32. The predicted octanol–water partition coefficient (Wildman–Crippen LogP) is 1.15. The Morgan fingerprint density at radius 3 is 2.38 bits per heavy atom. The third kappa shape index (κ3) is 5.19. The highest BCUT2D eigenvalue weighted by molar-refractivity contribution is 5.91. The number of benzene rings is 1. The van der Waals surface area contributed by atoms with Crippen LogP contribution in [-0.2, 0) is 9.59 Å². The van der Waals surface area contributed by atoms with Gasteiger partial charge in [0, 0.05) is 31.7 Å². The summed E-state index contributed by atoms with van der Waals surface area (Å²) in [5, 5.41) is 32.6. The SMILES string of the molecule is CC(C)(NC(=O)C(O)C(O)C(=O)N1CCCC1)C1CCN(c2ccc(F)cc2C#N)CC1. The lowest BCUT2D eigenvalue weighted by molar-refractivity contribution is -0.153. The van der Waals surface area contributed by atoms with E-state index in [4.69, 9.17) is 0 Å². The van der Waals surface area contributed by atoms with Crippen molar-refractivity contribution in [3.8, 4) is 6.07 Å². The third-order valence-corrected chi connectivity index (χ3v) is 6.62. The minimum Gasteiger partial charge on any atom is -0.380 e. The normalized spacial score (nSPS) is 19.4. The van der Waals surface area contributed by atoms with Gasteiger partial charge in [0.2, 0.25) is 0 Å². The van der Waals surface area contributed by atoms with E-state index in [0.717, 1.165) is 12.8 Å². The molecule has 3 N–H and O–H groups in total. The number of hydrogen-bond acceptors (Lipinski definition) is 6. The lowest BCUT2D eigenvalue weighted by Gasteiger charge is -2.42. The van der Waals surface area contributed by atoms with Gasteiger partial charge in [-0.15, -0.1) is 0 Å². The first-order valence-electron chi connectivity index (χ1n) is 11.1. The fourth-order valence-corrected chi connectivity index (χ4v) is 4.61. The molecule has 3 rings (SSSR count). The number of halogens is 1. The van der Waals surface area contributed by atoms with Crippen molar-refractivity contribution >= 4 is 17.5 Å². The Balaban J connectivity index is 1.57. The van der Waals surface area contributed by atoms with Crippen LogP contribution in [0.3, 0.4) is 0 Å². The third-order valence-electron chi connectivity index (χ3n) is 6.62. The number of nitrogens with zero attached hydrogens (tertiary/aromatic N) is 3. The van der Waals surface area contributed by atoms with Gasteiger partial charge in [-0.25, -0.2) is 4.39 Å². The number of aliphatic hydroxyl groups excluding tert-OH is 2. The molecule has 2 heterocycles. The molecular weight excluding hydrogens is 415 g/mol. The number of hydrogen-bond donors (Lipinski definition) is 3. The van der Waals surface area contributed by atoms with Gasteiger partial charge >= 0.3 is 0 Å². The van der Waals surface area contributed by atoms with Gasteiger partial charge in [-0.2, -0.15) is 5.26 Å². The molecule has 2 unspecified atom stereocenters. The number of likely N-dealkylation sites (tertiary alicyclic amines) is 1. The number of anilines is 1. The van der Waals surface area contributed by atoms with E-state index in [9.17, 15) is 29.5 Å². The molecule has 2 aliphatic heterocycles. The van der Waals surface area contributed by atoms with Crippen LogP contribution in [0.25, 0.3) is 0 Å². The van der Waals surface area contributed by atoms with Crippen molar-refractivity contribution in [1.82, 2.24) is 10.2 Å². The van der Waals surface area contributed by atoms with Gasteiger partial charge < -0.3 is 25.3 Å². The van der Waals surface area contributed by atoms with Crippen molar-refractivity contribution in [2.45, 2.75) is 57.3 Å². The van der Waals surface area contributed by atoms with Crippen molar-refractivity contribution in [3.63, 3.8) is 0 Å². The molecule has 0 spiro atoms. The Morgan fingerprint density at radius 1 is 1.16 bits per heavy atom. The number of nitrogens with one attached hydrogen (secondary N) is 1. The maximum Gasteiger partial charge on any atom is 0.254 e. The first-order valence-corrected chi connectivity index (χ1v) is 11.1. The lowest BCUT2D eigenvalue weighted by atomic mass is 9.80. The summed E-state index contributed by atoms with van der Waals surface area (Å²) >= 11 is 0. The van der Waals surface area contributed by atoms with Crippen LogP contribution < -0.4 is 10.2 Å². The Hall–Kier alpha value is -2.70. The molecule has 174 valence electrons. The second-order valence-electron chi connectivity index (χ2n) is 9.17. The Bertz CT molecular complexity index is 886. The quantitative estimate of drug-likeness (QED) is 0.604. The average molecular weight is 447 g/mol. The molecule has 0 bridgehead atoms. The predicted molar refractivity (Wildman–Crippen MR) is 116 cm³/mol. The number of carbonyl (C=O) groups excluding carboxylic acids is 2. The second kappa shape index (κ2) is 9.84. The molecule has 1 aromatic carbocycles. The summed E-state index contributed by atoms with van der Waals surface area (Å²) in [4.78, 5) is 28.4. The van der Waals surface area contributed by atoms with Crippen LogP contribution in [0.15, 0.2) is 18.2 Å². The van der Waals surface area contributed by atoms with Crippen LogP contribution in [0.2, 0.25) is 0 Å². The largest absolute Gasteiger partial charge is 0.380 e. The number of aliphatic hydroxyl groups is 2. The van der Waals surface area contributed by atoms with E-state index in [-0.39, 0.29) is 11.5 Å². The summed E-state index contributed by atoms with van der Waals surface area (Å²) < 4.78 is 13.4. The summed E-state index contributed by atoms with van der Waals surface area (Å²) in [7, 11) is 0. The number of carbonyl (C=O) groups is 2. The summed E-state index contributed by atoms with van der Waals surface area (Å²) in [5.41, 5.74) is 0.297. The monoisotopic (exact) mass is 446 g/mol. The number of nitriles is 1. The van der Waals surface area contributed by atoms with Crippen molar-refractivity contribution in [3.05, 3.63) is 29.6 Å². The summed E-state index contributed by atoms with van der Waals surface area (Å²) in [5.74, 6) is -1.77. The van der Waals surface area contributed by atoms with E-state index >= 15 is 0 Å². The first kappa shape index (κ1) is 24.0. The van der Waals surface area contributed by atoms with Crippen molar-refractivity contribution in [1.29, 1.82) is 5.26 Å². The summed E-state index contributed by atoms with van der Waals surface area (Å²) in [6.07, 6.45) is -0.504. The fraction of sp³-hybridized carbons (Fsp3) is 0.609. The number of piperidine rings is 1. The maximum atomic E-state index is 13.4. The fourth-order valence-electron chi connectivity index (χ4n) is 4.61. The van der Waals surface area contributed by atoms with Crippen LogP contribution in [0.4, 0.5) is 10.1 Å². The molecule has 1 aromatic rings. The van der Waals surface area contributed by atoms with E-state index in [0.29, 0.717) is 44.7 Å². The Morgan fingerprint density at radius 2 is 1.78 bits per heavy atom. The smallest absolute Gasteiger partial charge is 0.254 e. The summed E-state index contributed by atoms with van der Waals surface area (Å²) in [6.45, 7) is 6.01. The van der Waals surface area contributed by atoms with Crippen LogP contribution >= 0.6 is 0 Å². The number of amides is 2. The van der Waals surface area contributed by atoms with Gasteiger partial charge in [0.25, 0.3) is 11.8 Å². The highest BCUT2D eigenvalue weighted by Gasteiger charge is 2.39. The minimum absolute atomic E-state index is 0.0762. The molecule has 2 aliphatic rings. The molecule has 9 heteroatoms. The van der Waals surface area contributed by atoms with Crippen LogP contribution in [0.1, 0.15) is 45.1 Å². The lowest BCUT2D eigenvalue weighted by Crippen LogP contribution is -2.58. The molecule has 8 nitrogen and oxygen atoms in total. The van der Waals surface area contributed by atoms with E-state index in [1.807, 2.05) is 24.8 Å². The minimum atomic E-state index is -1.83. The van der Waals surface area contributed by atoms with Crippen molar-refractivity contribution in [2.75, 3.05) is 31.1 Å². The van der Waals surface area contributed by atoms with Crippen LogP contribution in [-0.4, -0.2) is 70.9 Å². The van der Waals surface area contributed by atoms with E-state index < -0.39 is 35.4 Å². The zero-order valence-corrected chi connectivity index (χ0v) is 18.6. The standard InChI is InChI=1S/C23H31FN4O4/c1-23(2,26-21(31)19(29)20(30)22(32)28-9-3-4-10-28)16-7-11-27(12-8-16)18-6-5-17(24)13-15(18)14-25/h5-6,13,16,19-20,29-30H,3-4,7-12H2,1-2H3,(H,26,31). The van der Waals surface area contributed by atoms with E-state index in [1.165, 1.54) is 17.0 Å². The van der Waals surface area contributed by atoms with Gasteiger partial charge in [0.05, 0.1) is 11.3 Å². The maximum absolute atomic E-state index is 13.4. The number of rotatable bonds is 6. The molecule has 2 saturated heterocycles. The van der Waals surface area contributed by atoms with E-state index in [2.05, 4.69) is 5.32 Å². The zero-order valence-electron chi connectivity index (χ0n) is 18.6. The molecule has 32 heavy (non-hydrogen) atoms. The molecular formula is C23H31FN4O4. The van der Waals surface area contributed by atoms with Gasteiger partial charge in [-0.05, 0) is 63.6 Å². The molecule has 2 fully saturated rings. The first-order chi connectivity index (χ1) is 15.1. The molecule has 2 atom stereocenters. The van der Waals surface area contributed by atoms with Gasteiger partial charge in [0.1, 0.15) is 11.9 Å². The molecule has 2 amide bonds. The topological polar surface area (TPSA) is 117 Å². The molecule has 0 aliphatic carbocycles. The molecule has 0 saturated carbocycles.